The van der Waals surface area contributed by atoms with Crippen molar-refractivity contribution in [3.8, 4) is 0 Å². The maximum Gasteiger partial charge on any atom is 0.267 e. The van der Waals surface area contributed by atoms with E-state index < -0.39 is 0 Å². The summed E-state index contributed by atoms with van der Waals surface area (Å²) < 4.78 is 0. The fourth-order valence-corrected chi connectivity index (χ4v) is 3.13. The topological polar surface area (TPSA) is 73.9 Å². The number of aromatic amines is 1. The van der Waals surface area contributed by atoms with Crippen LogP contribution in [0, 0.1) is 5.92 Å². The number of amides is 1. The first-order valence-electron chi connectivity index (χ1n) is 7.73. The molecule has 1 fully saturated rings. The van der Waals surface area contributed by atoms with Crippen molar-refractivity contribution < 1.29 is 4.79 Å². The van der Waals surface area contributed by atoms with Crippen LogP contribution in [-0.2, 0) is 6.54 Å². The second kappa shape index (κ2) is 7.61. The van der Waals surface area contributed by atoms with Crippen molar-refractivity contribution in [2.75, 3.05) is 25.9 Å². The van der Waals surface area contributed by atoms with Gasteiger partial charge in [-0.1, -0.05) is 11.8 Å². The van der Waals surface area contributed by atoms with Crippen LogP contribution < -0.4 is 5.32 Å². The molecule has 0 radical (unpaired) electrons. The molecule has 2 N–H and O–H groups in total. The van der Waals surface area contributed by atoms with Gasteiger partial charge in [-0.2, -0.15) is 0 Å². The van der Waals surface area contributed by atoms with Crippen LogP contribution in [0.5, 0.6) is 0 Å². The van der Waals surface area contributed by atoms with Gasteiger partial charge in [0.15, 0.2) is 5.16 Å². The Kier molecular flexibility index (Phi) is 5.30. The van der Waals surface area contributed by atoms with Crippen molar-refractivity contribution >= 4 is 17.7 Å². The van der Waals surface area contributed by atoms with E-state index >= 15 is 0 Å². The van der Waals surface area contributed by atoms with E-state index in [1.807, 2.05) is 24.7 Å². The Hall–Kier alpha value is -1.86. The van der Waals surface area contributed by atoms with Gasteiger partial charge >= 0.3 is 0 Å². The lowest BCUT2D eigenvalue weighted by Crippen LogP contribution is -2.31. The van der Waals surface area contributed by atoms with Gasteiger partial charge in [-0.25, -0.2) is 9.97 Å². The van der Waals surface area contributed by atoms with Gasteiger partial charge in [0.05, 0.1) is 0 Å². The summed E-state index contributed by atoms with van der Waals surface area (Å²) in [5.41, 5.74) is 1.75. The molecule has 0 aromatic carbocycles. The Morgan fingerprint density at radius 3 is 3.00 bits per heavy atom. The zero-order chi connectivity index (χ0) is 16.1. The highest BCUT2D eigenvalue weighted by atomic mass is 32.2. The fraction of sp³-hybridized carbons (Fsp3) is 0.438. The first-order valence-corrected chi connectivity index (χ1v) is 8.96. The molecule has 23 heavy (non-hydrogen) atoms. The van der Waals surface area contributed by atoms with Crippen molar-refractivity contribution in [2.45, 2.75) is 18.1 Å². The van der Waals surface area contributed by atoms with E-state index in [1.54, 1.807) is 24.0 Å². The highest BCUT2D eigenvalue weighted by Gasteiger charge is 2.23. The summed E-state index contributed by atoms with van der Waals surface area (Å²) in [6.07, 6.45) is 8.64. The molecular weight excluding hydrogens is 310 g/mol. The van der Waals surface area contributed by atoms with Crippen molar-refractivity contribution in [1.29, 1.82) is 0 Å². The van der Waals surface area contributed by atoms with Crippen LogP contribution in [0.1, 0.15) is 22.5 Å². The van der Waals surface area contributed by atoms with Crippen LogP contribution in [0.15, 0.2) is 35.9 Å². The maximum absolute atomic E-state index is 11.9. The number of hydrogen-bond donors (Lipinski definition) is 2. The molecule has 1 saturated heterocycles. The molecule has 1 aliphatic rings. The third-order valence-corrected chi connectivity index (χ3v) is 4.61. The van der Waals surface area contributed by atoms with E-state index in [-0.39, 0.29) is 5.91 Å². The van der Waals surface area contributed by atoms with E-state index in [2.05, 4.69) is 25.2 Å². The van der Waals surface area contributed by atoms with Gasteiger partial charge in [0.2, 0.25) is 0 Å². The number of rotatable bonds is 6. The van der Waals surface area contributed by atoms with Crippen LogP contribution in [0.25, 0.3) is 0 Å². The molecule has 0 bridgehead atoms. The number of thioether (sulfide) groups is 1. The molecule has 0 spiro atoms. The van der Waals surface area contributed by atoms with E-state index in [0.29, 0.717) is 11.6 Å². The molecule has 1 amide bonds. The number of nitrogens with zero attached hydrogens (tertiary/aromatic N) is 3. The van der Waals surface area contributed by atoms with Crippen molar-refractivity contribution in [3.05, 3.63) is 42.0 Å². The van der Waals surface area contributed by atoms with E-state index in [4.69, 9.17) is 0 Å². The molecule has 1 aliphatic heterocycles. The van der Waals surface area contributed by atoms with E-state index in [1.165, 1.54) is 0 Å². The number of aromatic nitrogens is 3. The Morgan fingerprint density at radius 1 is 1.48 bits per heavy atom. The molecular formula is C16H21N5OS. The maximum atomic E-state index is 11.9. The van der Waals surface area contributed by atoms with Crippen LogP contribution in [0.3, 0.4) is 0 Å². The SMILES string of the molecule is CSc1ncc(CN2CC[C@@H](CNC(=O)c3ccc[nH]3)C2)cn1. The summed E-state index contributed by atoms with van der Waals surface area (Å²) in [6, 6.07) is 3.62. The summed E-state index contributed by atoms with van der Waals surface area (Å²) in [5, 5.41) is 3.81. The van der Waals surface area contributed by atoms with Gasteiger partial charge in [0.25, 0.3) is 5.91 Å². The first-order chi connectivity index (χ1) is 11.2. The van der Waals surface area contributed by atoms with E-state index in [0.717, 1.165) is 43.3 Å². The molecule has 0 aliphatic carbocycles. The molecule has 7 heteroatoms. The number of nitrogens with one attached hydrogen (secondary N) is 2. The smallest absolute Gasteiger partial charge is 0.267 e. The van der Waals surface area contributed by atoms with E-state index in [9.17, 15) is 4.79 Å². The number of likely N-dealkylation sites (tertiary alicyclic amines) is 1. The Morgan fingerprint density at radius 2 is 2.30 bits per heavy atom. The summed E-state index contributed by atoms with van der Waals surface area (Å²) >= 11 is 1.55. The Balaban J connectivity index is 1.44. The number of carbonyl (C=O) groups excluding carboxylic acids is 1. The Bertz CT molecular complexity index is 628. The molecule has 0 unspecified atom stereocenters. The zero-order valence-corrected chi connectivity index (χ0v) is 14.0. The zero-order valence-electron chi connectivity index (χ0n) is 13.2. The molecule has 3 rings (SSSR count). The van der Waals surface area contributed by atoms with Gasteiger partial charge in [-0.3, -0.25) is 9.69 Å². The lowest BCUT2D eigenvalue weighted by atomic mass is 10.1. The second-order valence-corrected chi connectivity index (χ2v) is 6.54. The monoisotopic (exact) mass is 331 g/mol. The summed E-state index contributed by atoms with van der Waals surface area (Å²) in [4.78, 5) is 25.9. The molecule has 3 heterocycles. The van der Waals surface area contributed by atoms with Gasteiger partial charge in [-0.05, 0) is 37.3 Å². The molecule has 2 aromatic rings. The lowest BCUT2D eigenvalue weighted by molar-refractivity contribution is 0.0943. The number of hydrogen-bond acceptors (Lipinski definition) is 5. The second-order valence-electron chi connectivity index (χ2n) is 5.76. The van der Waals surface area contributed by atoms with Crippen molar-refractivity contribution in [1.82, 2.24) is 25.2 Å². The summed E-state index contributed by atoms with van der Waals surface area (Å²) in [7, 11) is 0. The molecule has 122 valence electrons. The van der Waals surface area contributed by atoms with Crippen LogP contribution in [-0.4, -0.2) is 51.6 Å². The number of H-pyrrole nitrogens is 1. The van der Waals surface area contributed by atoms with Gasteiger partial charge in [-0.15, -0.1) is 0 Å². The van der Waals surface area contributed by atoms with Gasteiger partial charge < -0.3 is 10.3 Å². The molecule has 6 nitrogen and oxygen atoms in total. The Labute approximate surface area is 140 Å². The standard InChI is InChI=1S/C16H21N5OS/c1-23-16-19-8-13(9-20-16)11-21-6-4-12(10-21)7-18-15(22)14-3-2-5-17-14/h2-3,5,8-9,12,17H,4,6-7,10-11H2,1H3,(H,18,22)/t12-/m0/s1. The average Bonchev–Trinajstić information content (AvgIpc) is 3.25. The third kappa shape index (κ3) is 4.33. The summed E-state index contributed by atoms with van der Waals surface area (Å²) in [5.74, 6) is 0.467. The normalized spacial score (nSPS) is 18.2. The van der Waals surface area contributed by atoms with Gasteiger partial charge in [0, 0.05) is 43.8 Å². The first kappa shape index (κ1) is 16.0. The lowest BCUT2D eigenvalue weighted by Gasteiger charge is -2.16. The van der Waals surface area contributed by atoms with Crippen LogP contribution in [0.4, 0.5) is 0 Å². The minimum Gasteiger partial charge on any atom is -0.357 e. The highest BCUT2D eigenvalue weighted by molar-refractivity contribution is 7.98. The summed E-state index contributed by atoms with van der Waals surface area (Å²) in [6.45, 7) is 3.63. The largest absolute Gasteiger partial charge is 0.357 e. The third-order valence-electron chi connectivity index (χ3n) is 4.03. The van der Waals surface area contributed by atoms with Crippen molar-refractivity contribution in [3.63, 3.8) is 0 Å². The molecule has 0 saturated carbocycles. The van der Waals surface area contributed by atoms with Crippen molar-refractivity contribution in [2.24, 2.45) is 5.92 Å². The number of carbonyl (C=O) groups is 1. The molecule has 1 atom stereocenters. The predicted octanol–water partition coefficient (Wildman–Crippen LogP) is 1.78. The van der Waals surface area contributed by atoms with Crippen LogP contribution >= 0.6 is 11.8 Å². The predicted molar refractivity (Wildman–Crippen MR) is 90.3 cm³/mol. The fourth-order valence-electron chi connectivity index (χ4n) is 2.82. The quantitative estimate of drug-likeness (QED) is 0.623. The minimum absolute atomic E-state index is 0.0329. The minimum atomic E-state index is -0.0329. The van der Waals surface area contributed by atoms with Gasteiger partial charge in [0.1, 0.15) is 5.69 Å². The average molecular weight is 331 g/mol. The highest BCUT2D eigenvalue weighted by Crippen LogP contribution is 2.18. The van der Waals surface area contributed by atoms with Crippen LogP contribution in [0.2, 0.25) is 0 Å². The molecule has 2 aromatic heterocycles.